The van der Waals surface area contributed by atoms with Crippen molar-refractivity contribution < 1.29 is 9.84 Å². The van der Waals surface area contributed by atoms with Crippen LogP contribution in [-0.2, 0) is 4.74 Å². The van der Waals surface area contributed by atoms with Crippen LogP contribution in [0.15, 0.2) is 23.3 Å². The predicted octanol–water partition coefficient (Wildman–Crippen LogP) is 7.69. The molecule has 1 unspecified atom stereocenters. The molecule has 4 spiro atoms. The van der Waals surface area contributed by atoms with Gasteiger partial charge >= 0.3 is 0 Å². The van der Waals surface area contributed by atoms with Crippen molar-refractivity contribution in [3.05, 3.63) is 23.3 Å². The maximum atomic E-state index is 9.75. The first-order chi connectivity index (χ1) is 19.8. The number of hydrogen-bond donors (Lipinski definition) is 1. The highest BCUT2D eigenvalue weighted by molar-refractivity contribution is 5.49. The summed E-state index contributed by atoms with van der Waals surface area (Å²) < 4.78 is 6.08. The van der Waals surface area contributed by atoms with E-state index in [9.17, 15) is 5.11 Å². The highest BCUT2D eigenvalue weighted by Gasteiger charge is 2.84. The summed E-state index contributed by atoms with van der Waals surface area (Å²) in [6.45, 7) is 13.5. The van der Waals surface area contributed by atoms with Crippen LogP contribution in [0.4, 0.5) is 0 Å². The largest absolute Gasteiger partial charge is 0.396 e. The summed E-state index contributed by atoms with van der Waals surface area (Å²) in [5.41, 5.74) is 5.30. The minimum absolute atomic E-state index is 0.191. The van der Waals surface area contributed by atoms with Gasteiger partial charge in [0.05, 0.1) is 0 Å². The second-order valence-electron chi connectivity index (χ2n) is 16.4. The Kier molecular flexibility index (Phi) is 6.02. The molecule has 224 valence electrons. The van der Waals surface area contributed by atoms with Crippen LogP contribution in [0.3, 0.4) is 0 Å². The van der Waals surface area contributed by atoms with Crippen molar-refractivity contribution in [1.82, 2.24) is 4.90 Å². The summed E-state index contributed by atoms with van der Waals surface area (Å²) in [7, 11) is 0. The fourth-order valence-corrected chi connectivity index (χ4v) is 14.6. The zero-order chi connectivity index (χ0) is 28.3. The van der Waals surface area contributed by atoms with E-state index in [2.05, 4.69) is 56.6 Å². The van der Waals surface area contributed by atoms with Crippen molar-refractivity contribution in [3.8, 4) is 11.8 Å². The third kappa shape index (κ3) is 2.91. The van der Waals surface area contributed by atoms with E-state index in [1.54, 1.807) is 5.57 Å². The van der Waals surface area contributed by atoms with Crippen LogP contribution < -0.4 is 0 Å². The van der Waals surface area contributed by atoms with Crippen molar-refractivity contribution in [3.63, 3.8) is 0 Å². The predicted molar refractivity (Wildman–Crippen MR) is 165 cm³/mol. The van der Waals surface area contributed by atoms with Crippen molar-refractivity contribution in [2.45, 2.75) is 129 Å². The van der Waals surface area contributed by atoms with E-state index in [1.807, 2.05) is 5.57 Å². The molecular weight excluding hydrogens is 502 g/mol. The molecule has 0 aromatic heterocycles. The standard InChI is InChI=1S/C38H55NO2/c1-5-41-23-15-30-10-8-18-35(30)24-28(3)37-21-12-27(2)31(37)25-38(35)32-14-19-34(17-7-6-16-33(37,38)4)29(11-9-22-40)13-20-36(34)26-39(32)36/h14,19,28-30,32,40H,5,8-13,15-18,20-26H2,1-4H3/t28-,29-,30-,32+,33+,34+,35+,36-,37-,38-,39?/m1/s1. The van der Waals surface area contributed by atoms with E-state index in [1.165, 1.54) is 70.8 Å². The highest BCUT2D eigenvalue weighted by atomic mass is 16.5. The van der Waals surface area contributed by atoms with Gasteiger partial charge in [-0.25, -0.2) is 0 Å². The molecule has 2 aliphatic heterocycles. The fraction of sp³-hybridized carbons (Fsp3) is 0.842. The average molecular weight is 558 g/mol. The lowest BCUT2D eigenvalue weighted by molar-refractivity contribution is -0.210. The van der Waals surface area contributed by atoms with Crippen LogP contribution in [0, 0.1) is 56.7 Å². The van der Waals surface area contributed by atoms with Crippen molar-refractivity contribution in [1.29, 1.82) is 0 Å². The average Bonchev–Trinajstić information content (AvgIpc) is 3.16. The number of aliphatic hydroxyl groups excluding tert-OH is 1. The number of ether oxygens (including phenoxy) is 1. The number of rotatable bonds is 7. The Bertz CT molecular complexity index is 1240. The molecule has 41 heavy (non-hydrogen) atoms. The Morgan fingerprint density at radius 3 is 2.78 bits per heavy atom. The topological polar surface area (TPSA) is 32.5 Å². The molecule has 5 fully saturated rings. The number of hydrogen-bond acceptors (Lipinski definition) is 3. The molecule has 6 aliphatic carbocycles. The van der Waals surface area contributed by atoms with Crippen LogP contribution in [0.2, 0.25) is 0 Å². The zero-order valence-electron chi connectivity index (χ0n) is 26.5. The molecule has 8 aliphatic rings. The Balaban J connectivity index is 1.34. The van der Waals surface area contributed by atoms with Crippen molar-refractivity contribution in [2.24, 2.45) is 44.8 Å². The Labute approximate surface area is 249 Å². The quantitative estimate of drug-likeness (QED) is 0.151. The molecule has 4 bridgehead atoms. The molecule has 1 N–H and O–H groups in total. The summed E-state index contributed by atoms with van der Waals surface area (Å²) in [5.74, 6) is 10.1. The summed E-state index contributed by atoms with van der Waals surface area (Å²) in [5, 5.41) is 9.75. The monoisotopic (exact) mass is 557 g/mol. The molecule has 0 amide bonds. The van der Waals surface area contributed by atoms with E-state index < -0.39 is 0 Å². The van der Waals surface area contributed by atoms with E-state index in [0.717, 1.165) is 50.7 Å². The van der Waals surface area contributed by atoms with Gasteiger partial charge in [0.15, 0.2) is 0 Å². The minimum Gasteiger partial charge on any atom is -0.396 e. The molecule has 0 aromatic rings. The third-order valence-corrected chi connectivity index (χ3v) is 16.0. The van der Waals surface area contributed by atoms with Gasteiger partial charge in [-0.3, -0.25) is 4.90 Å². The van der Waals surface area contributed by atoms with Gasteiger partial charge in [-0.1, -0.05) is 43.6 Å². The van der Waals surface area contributed by atoms with Crippen LogP contribution in [0.5, 0.6) is 0 Å². The molecule has 2 heterocycles. The lowest BCUT2D eigenvalue weighted by atomic mass is 9.35. The van der Waals surface area contributed by atoms with Gasteiger partial charge in [0.2, 0.25) is 0 Å². The van der Waals surface area contributed by atoms with Gasteiger partial charge in [0.1, 0.15) is 0 Å². The minimum atomic E-state index is 0.191. The van der Waals surface area contributed by atoms with Gasteiger partial charge in [-0.15, -0.1) is 11.8 Å². The highest BCUT2D eigenvalue weighted by Crippen LogP contribution is 2.88. The SMILES string of the molecule is CCOCC[C@H]1CCC[C@]12C[C@@H](C)[C@]13CCC(C)=C1C[C@]21[C@@H]2C=C[C@@]4(CC#CC[C@]13C)[C@H](CCCO)CC[C@@]41CN21. The maximum Gasteiger partial charge on any atom is 0.0468 e. The summed E-state index contributed by atoms with van der Waals surface area (Å²) in [4.78, 5) is 3.09. The number of nitrogens with zero attached hydrogens (tertiary/aromatic N) is 1. The molecule has 3 nitrogen and oxygen atoms in total. The van der Waals surface area contributed by atoms with Gasteiger partial charge in [-0.2, -0.15) is 0 Å². The summed E-state index contributed by atoms with van der Waals surface area (Å²) >= 11 is 0. The van der Waals surface area contributed by atoms with Crippen LogP contribution >= 0.6 is 0 Å². The molecular formula is C38H55NO2. The van der Waals surface area contributed by atoms with Crippen LogP contribution in [-0.4, -0.2) is 48.0 Å². The van der Waals surface area contributed by atoms with Crippen molar-refractivity contribution >= 4 is 0 Å². The molecule has 8 rings (SSSR count). The lowest BCUT2D eigenvalue weighted by Crippen LogP contribution is -2.68. The second kappa shape index (κ2) is 8.99. The van der Waals surface area contributed by atoms with E-state index >= 15 is 0 Å². The molecule has 0 aromatic carbocycles. The van der Waals surface area contributed by atoms with E-state index in [4.69, 9.17) is 4.74 Å². The second-order valence-corrected chi connectivity index (χ2v) is 16.4. The maximum absolute atomic E-state index is 9.75. The van der Waals surface area contributed by atoms with Crippen LogP contribution in [0.1, 0.15) is 118 Å². The summed E-state index contributed by atoms with van der Waals surface area (Å²) in [6, 6.07) is 0.542. The molecule has 0 radical (unpaired) electrons. The first-order valence-corrected chi connectivity index (χ1v) is 17.6. The number of aliphatic hydroxyl groups is 1. The molecule has 4 saturated carbocycles. The van der Waals surface area contributed by atoms with Gasteiger partial charge in [0, 0.05) is 67.0 Å². The Hall–Kier alpha value is -1.08. The number of allylic oxidation sites excluding steroid dienone is 2. The third-order valence-electron chi connectivity index (χ3n) is 16.0. The first-order valence-electron chi connectivity index (χ1n) is 17.6. The van der Waals surface area contributed by atoms with E-state index in [-0.39, 0.29) is 16.2 Å². The zero-order valence-corrected chi connectivity index (χ0v) is 26.5. The molecule has 1 saturated heterocycles. The van der Waals surface area contributed by atoms with Gasteiger partial charge in [-0.05, 0) is 113 Å². The first kappa shape index (κ1) is 27.5. The normalized spacial score (nSPS) is 53.6. The Morgan fingerprint density at radius 1 is 1.10 bits per heavy atom. The van der Waals surface area contributed by atoms with Gasteiger partial charge < -0.3 is 9.84 Å². The van der Waals surface area contributed by atoms with E-state index in [0.29, 0.717) is 34.9 Å². The Morgan fingerprint density at radius 2 is 1.95 bits per heavy atom. The lowest BCUT2D eigenvalue weighted by Gasteiger charge is -2.70. The number of fused-ring (bicyclic) bond motifs is 2. The smallest absolute Gasteiger partial charge is 0.0468 e. The molecule has 3 heteroatoms. The molecule has 11 atom stereocenters. The van der Waals surface area contributed by atoms with Gasteiger partial charge in [0.25, 0.3) is 0 Å². The summed E-state index contributed by atoms with van der Waals surface area (Å²) in [6.07, 6.45) is 23.3. The van der Waals surface area contributed by atoms with Crippen molar-refractivity contribution in [2.75, 3.05) is 26.4 Å². The van der Waals surface area contributed by atoms with Crippen LogP contribution in [0.25, 0.3) is 0 Å². The fourth-order valence-electron chi connectivity index (χ4n) is 14.6.